The van der Waals surface area contributed by atoms with Crippen LogP contribution < -0.4 is 5.73 Å². The second-order valence-corrected chi connectivity index (χ2v) is 4.45. The number of carbonyl (C=O) groups excluding carboxylic acids is 1. The van der Waals surface area contributed by atoms with Crippen molar-refractivity contribution in [2.24, 2.45) is 5.92 Å². The summed E-state index contributed by atoms with van der Waals surface area (Å²) in [4.78, 5) is 12.1. The van der Waals surface area contributed by atoms with E-state index in [1.807, 2.05) is 0 Å². The molecule has 2 N–H and O–H groups in total. The maximum Gasteiger partial charge on any atom is 0.170 e. The van der Waals surface area contributed by atoms with Crippen molar-refractivity contribution < 1.29 is 9.53 Å². The Morgan fingerprint density at radius 1 is 1.50 bits per heavy atom. The van der Waals surface area contributed by atoms with Crippen molar-refractivity contribution in [2.45, 2.75) is 12.8 Å². The van der Waals surface area contributed by atoms with Crippen molar-refractivity contribution in [1.82, 2.24) is 0 Å². The molecule has 1 heterocycles. The second kappa shape index (κ2) is 4.85. The summed E-state index contributed by atoms with van der Waals surface area (Å²) < 4.78 is 5.30. The van der Waals surface area contributed by atoms with Crippen molar-refractivity contribution in [3.8, 4) is 0 Å². The quantitative estimate of drug-likeness (QED) is 0.637. The van der Waals surface area contributed by atoms with E-state index in [-0.39, 0.29) is 11.7 Å². The van der Waals surface area contributed by atoms with Crippen molar-refractivity contribution >= 4 is 23.1 Å². The van der Waals surface area contributed by atoms with Crippen LogP contribution in [0.5, 0.6) is 0 Å². The van der Waals surface area contributed by atoms with Crippen LogP contribution in [-0.2, 0) is 4.74 Å². The van der Waals surface area contributed by atoms with Gasteiger partial charge in [-0.3, -0.25) is 4.79 Å². The number of halogens is 1. The molecule has 4 heteroatoms. The zero-order valence-corrected chi connectivity index (χ0v) is 9.67. The van der Waals surface area contributed by atoms with Crippen LogP contribution in [0.3, 0.4) is 0 Å². The van der Waals surface area contributed by atoms with Crippen molar-refractivity contribution in [3.63, 3.8) is 0 Å². The van der Waals surface area contributed by atoms with E-state index in [0.29, 0.717) is 22.9 Å². The topological polar surface area (TPSA) is 52.3 Å². The lowest BCUT2D eigenvalue weighted by atomic mass is 9.92. The minimum Gasteiger partial charge on any atom is -0.398 e. The van der Waals surface area contributed by atoms with Gasteiger partial charge in [-0.25, -0.2) is 0 Å². The van der Waals surface area contributed by atoms with Gasteiger partial charge in [-0.05, 0) is 31.0 Å². The summed E-state index contributed by atoms with van der Waals surface area (Å²) in [6.07, 6.45) is 1.81. The number of anilines is 1. The number of hydrogen-bond acceptors (Lipinski definition) is 3. The fraction of sp³-hybridized carbons (Fsp3) is 0.417. The Morgan fingerprint density at radius 2 is 2.31 bits per heavy atom. The maximum atomic E-state index is 12.1. The van der Waals surface area contributed by atoms with Gasteiger partial charge in [0.15, 0.2) is 5.78 Å². The van der Waals surface area contributed by atoms with Crippen LogP contribution in [0.2, 0.25) is 5.02 Å². The van der Waals surface area contributed by atoms with Gasteiger partial charge in [-0.2, -0.15) is 0 Å². The lowest BCUT2D eigenvalue weighted by Gasteiger charge is -2.21. The van der Waals surface area contributed by atoms with E-state index in [1.54, 1.807) is 18.2 Å². The molecule has 2 rings (SSSR count). The molecule has 1 saturated heterocycles. The van der Waals surface area contributed by atoms with E-state index >= 15 is 0 Å². The minimum absolute atomic E-state index is 0.0581. The molecule has 1 aromatic carbocycles. The number of carbonyl (C=O) groups is 1. The molecule has 0 saturated carbocycles. The van der Waals surface area contributed by atoms with E-state index in [4.69, 9.17) is 22.1 Å². The predicted molar refractivity (Wildman–Crippen MR) is 63.7 cm³/mol. The molecular formula is C12H14ClNO2. The largest absolute Gasteiger partial charge is 0.398 e. The SMILES string of the molecule is Nc1cc(Cl)ccc1C(=O)[C@@H]1CCCOC1. The second-order valence-electron chi connectivity index (χ2n) is 4.01. The van der Waals surface area contributed by atoms with Gasteiger partial charge in [-0.1, -0.05) is 11.6 Å². The highest BCUT2D eigenvalue weighted by Crippen LogP contribution is 2.24. The average molecular weight is 240 g/mol. The van der Waals surface area contributed by atoms with Crippen LogP contribution in [-0.4, -0.2) is 19.0 Å². The molecule has 0 amide bonds. The molecule has 1 aromatic rings. The molecule has 1 aliphatic rings. The zero-order valence-electron chi connectivity index (χ0n) is 8.91. The normalized spacial score (nSPS) is 20.7. The van der Waals surface area contributed by atoms with E-state index in [2.05, 4.69) is 0 Å². The molecule has 1 fully saturated rings. The van der Waals surface area contributed by atoms with Crippen LogP contribution in [0.4, 0.5) is 5.69 Å². The zero-order chi connectivity index (χ0) is 11.5. The highest BCUT2D eigenvalue weighted by molar-refractivity contribution is 6.31. The first-order valence-corrected chi connectivity index (χ1v) is 5.73. The van der Waals surface area contributed by atoms with Gasteiger partial charge >= 0.3 is 0 Å². The van der Waals surface area contributed by atoms with E-state index in [1.165, 1.54) is 0 Å². The highest BCUT2D eigenvalue weighted by atomic mass is 35.5. The van der Waals surface area contributed by atoms with Gasteiger partial charge < -0.3 is 10.5 Å². The number of rotatable bonds is 2. The predicted octanol–water partition coefficient (Wildman–Crippen LogP) is 2.53. The molecule has 3 nitrogen and oxygen atoms in total. The van der Waals surface area contributed by atoms with Crippen LogP contribution in [0.25, 0.3) is 0 Å². The Bertz CT molecular complexity index is 400. The van der Waals surface area contributed by atoms with Gasteiger partial charge in [0.1, 0.15) is 0 Å². The van der Waals surface area contributed by atoms with E-state index in [9.17, 15) is 4.79 Å². The molecule has 0 radical (unpaired) electrons. The van der Waals surface area contributed by atoms with Crippen molar-refractivity contribution in [1.29, 1.82) is 0 Å². The van der Waals surface area contributed by atoms with Crippen molar-refractivity contribution in [3.05, 3.63) is 28.8 Å². The smallest absolute Gasteiger partial charge is 0.170 e. The summed E-state index contributed by atoms with van der Waals surface area (Å²) >= 11 is 5.79. The molecular weight excluding hydrogens is 226 g/mol. The van der Waals surface area contributed by atoms with E-state index in [0.717, 1.165) is 19.4 Å². The molecule has 86 valence electrons. The molecule has 0 unspecified atom stereocenters. The first-order chi connectivity index (χ1) is 7.68. The number of hydrogen-bond donors (Lipinski definition) is 1. The third-order valence-corrected chi connectivity index (χ3v) is 3.05. The number of nitrogens with two attached hydrogens (primary N) is 1. The number of Topliss-reactive ketones (excluding diaryl/α,β-unsaturated/α-hetero) is 1. The van der Waals surface area contributed by atoms with Crippen LogP contribution >= 0.6 is 11.6 Å². The third kappa shape index (κ3) is 2.36. The Hall–Kier alpha value is -1.06. The molecule has 16 heavy (non-hydrogen) atoms. The fourth-order valence-corrected chi connectivity index (χ4v) is 2.11. The highest BCUT2D eigenvalue weighted by Gasteiger charge is 2.24. The van der Waals surface area contributed by atoms with Gasteiger partial charge in [0.2, 0.25) is 0 Å². The number of ether oxygens (including phenoxy) is 1. The van der Waals surface area contributed by atoms with Crippen LogP contribution in [0.15, 0.2) is 18.2 Å². The van der Waals surface area contributed by atoms with Gasteiger partial charge in [0, 0.05) is 28.8 Å². The van der Waals surface area contributed by atoms with Gasteiger partial charge in [0.05, 0.1) is 6.61 Å². The average Bonchev–Trinajstić information content (AvgIpc) is 2.29. The summed E-state index contributed by atoms with van der Waals surface area (Å²) in [5.74, 6) is 0.00564. The summed E-state index contributed by atoms with van der Waals surface area (Å²) in [7, 11) is 0. The van der Waals surface area contributed by atoms with Crippen molar-refractivity contribution in [2.75, 3.05) is 18.9 Å². The van der Waals surface area contributed by atoms with Crippen LogP contribution in [0, 0.1) is 5.92 Å². The summed E-state index contributed by atoms with van der Waals surface area (Å²) in [5, 5.41) is 0.550. The first kappa shape index (κ1) is 11.4. The Balaban J connectivity index is 2.19. The third-order valence-electron chi connectivity index (χ3n) is 2.81. The van der Waals surface area contributed by atoms with Crippen LogP contribution in [0.1, 0.15) is 23.2 Å². The molecule has 0 spiro atoms. The number of benzene rings is 1. The molecule has 0 aliphatic carbocycles. The Kier molecular flexibility index (Phi) is 3.46. The summed E-state index contributed by atoms with van der Waals surface area (Å²) in [5.41, 5.74) is 6.79. The maximum absolute atomic E-state index is 12.1. The summed E-state index contributed by atoms with van der Waals surface area (Å²) in [6, 6.07) is 4.99. The Labute approximate surface area is 99.5 Å². The molecule has 1 aliphatic heterocycles. The monoisotopic (exact) mass is 239 g/mol. The first-order valence-electron chi connectivity index (χ1n) is 5.35. The lowest BCUT2D eigenvalue weighted by Crippen LogP contribution is -2.25. The number of nitrogen functional groups attached to an aromatic ring is 1. The minimum atomic E-state index is -0.0581. The Morgan fingerprint density at radius 3 is 2.94 bits per heavy atom. The number of ketones is 1. The van der Waals surface area contributed by atoms with Gasteiger partial charge in [0.25, 0.3) is 0 Å². The lowest BCUT2D eigenvalue weighted by molar-refractivity contribution is 0.0462. The summed E-state index contributed by atoms with van der Waals surface area (Å²) in [6.45, 7) is 1.25. The molecule has 0 aromatic heterocycles. The van der Waals surface area contributed by atoms with Gasteiger partial charge in [-0.15, -0.1) is 0 Å². The fourth-order valence-electron chi connectivity index (χ4n) is 1.93. The van der Waals surface area contributed by atoms with E-state index < -0.39 is 0 Å². The molecule has 1 atom stereocenters. The molecule has 0 bridgehead atoms. The standard InChI is InChI=1S/C12H14ClNO2/c13-9-3-4-10(11(14)6-9)12(15)8-2-1-5-16-7-8/h3-4,6,8H,1-2,5,7,14H2/t8-/m1/s1.